The molecule has 0 fully saturated rings. The lowest BCUT2D eigenvalue weighted by Gasteiger charge is -2.36. The van der Waals surface area contributed by atoms with E-state index in [1.807, 2.05) is 0 Å². The van der Waals surface area contributed by atoms with Crippen molar-refractivity contribution in [1.82, 2.24) is 0 Å². The minimum Gasteiger partial charge on any atom is -0.310 e. The van der Waals surface area contributed by atoms with Crippen molar-refractivity contribution in [1.29, 1.82) is 0 Å². The van der Waals surface area contributed by atoms with Gasteiger partial charge in [0.05, 0.1) is 11.1 Å². The molecule has 61 heavy (non-hydrogen) atoms. The van der Waals surface area contributed by atoms with Gasteiger partial charge < -0.3 is 4.90 Å². The molecule has 0 heterocycles. The van der Waals surface area contributed by atoms with Crippen molar-refractivity contribution in [2.75, 3.05) is 4.90 Å². The largest absolute Gasteiger partial charge is 0.310 e. The first-order valence-electron chi connectivity index (χ1n) is 22.7. The zero-order chi connectivity index (χ0) is 40.9. The molecule has 0 spiro atoms. The van der Waals surface area contributed by atoms with Crippen molar-refractivity contribution < 1.29 is 0 Å². The number of hydrogen-bond donors (Lipinski definition) is 0. The smallest absolute Gasteiger partial charge is 0.0714 e. The molecule has 298 valence electrons. The fraction of sp³-hybridized carbons (Fsp3) is 0.200. The Hall–Kier alpha value is -6.44. The fourth-order valence-electron chi connectivity index (χ4n) is 11.2. The van der Waals surface area contributed by atoms with Gasteiger partial charge in [0.15, 0.2) is 0 Å². The second-order valence-electron chi connectivity index (χ2n) is 17.9. The molecule has 8 aromatic carbocycles. The maximum absolute atomic E-state index is 2.63. The van der Waals surface area contributed by atoms with Crippen LogP contribution in [0.1, 0.15) is 95.5 Å². The summed E-state index contributed by atoms with van der Waals surface area (Å²) in [5.74, 6) is 0.366. The number of benzene rings is 8. The number of anilines is 3. The fourth-order valence-corrected chi connectivity index (χ4v) is 11.2. The molecule has 0 amide bonds. The van der Waals surface area contributed by atoms with Crippen LogP contribution < -0.4 is 4.90 Å². The van der Waals surface area contributed by atoms with E-state index < -0.39 is 5.41 Å². The Balaban J connectivity index is 1.27. The number of rotatable bonds is 8. The van der Waals surface area contributed by atoms with Crippen molar-refractivity contribution in [2.45, 2.75) is 76.5 Å². The van der Waals surface area contributed by atoms with Gasteiger partial charge in [-0.05, 0) is 172 Å². The van der Waals surface area contributed by atoms with E-state index in [-0.39, 0.29) is 0 Å². The molecule has 0 saturated carbocycles. The highest BCUT2D eigenvalue weighted by molar-refractivity contribution is 5.98. The summed E-state index contributed by atoms with van der Waals surface area (Å²) in [6.45, 7) is 4.77. The molecule has 0 N–H and O–H groups in total. The lowest BCUT2D eigenvalue weighted by Crippen LogP contribution is -2.29. The van der Waals surface area contributed by atoms with Crippen LogP contribution in [0.4, 0.5) is 17.1 Å². The quantitative estimate of drug-likeness (QED) is 0.148. The van der Waals surface area contributed by atoms with Gasteiger partial charge in [-0.3, -0.25) is 0 Å². The van der Waals surface area contributed by atoms with Gasteiger partial charge in [0.25, 0.3) is 0 Å². The Bertz CT molecular complexity index is 2830. The average molecular weight is 788 g/mol. The van der Waals surface area contributed by atoms with Crippen LogP contribution >= 0.6 is 0 Å². The molecule has 0 saturated heterocycles. The zero-order valence-electron chi connectivity index (χ0n) is 35.5. The van der Waals surface area contributed by atoms with Crippen LogP contribution in [-0.2, 0) is 31.1 Å². The Morgan fingerprint density at radius 2 is 1.00 bits per heavy atom. The standard InChI is InChI=1S/C60H53N/c1-41(2)51-37-33-45-21-14-15-27-52(45)59(51)55-39-54-53-28-16-17-29-56(53)60(47-23-8-4-9-24-47,48-25-10-5-11-26-48)57(54)40-58(55)61(50-36-32-43-20-12-13-22-46(43)38-50)49-34-30-44(31-35-49)42-18-6-3-7-19-42/h3-11,16-19,23-26,28-41H,12-15,20-22,27H2,1-2H3. The van der Waals surface area contributed by atoms with Gasteiger partial charge in [-0.2, -0.15) is 0 Å². The van der Waals surface area contributed by atoms with E-state index in [0.29, 0.717) is 5.92 Å². The van der Waals surface area contributed by atoms with E-state index in [9.17, 15) is 0 Å². The van der Waals surface area contributed by atoms with E-state index in [2.05, 4.69) is 201 Å². The Morgan fingerprint density at radius 1 is 0.426 bits per heavy atom. The summed E-state index contributed by atoms with van der Waals surface area (Å²) in [6.07, 6.45) is 9.54. The maximum atomic E-state index is 2.63. The summed E-state index contributed by atoms with van der Waals surface area (Å²) in [5, 5.41) is 0. The van der Waals surface area contributed by atoms with Crippen LogP contribution in [-0.4, -0.2) is 0 Å². The van der Waals surface area contributed by atoms with Crippen LogP contribution in [0, 0.1) is 0 Å². The van der Waals surface area contributed by atoms with Gasteiger partial charge in [0, 0.05) is 16.9 Å². The van der Waals surface area contributed by atoms with Gasteiger partial charge in [-0.25, -0.2) is 0 Å². The van der Waals surface area contributed by atoms with Gasteiger partial charge >= 0.3 is 0 Å². The van der Waals surface area contributed by atoms with Gasteiger partial charge in [-0.15, -0.1) is 0 Å². The lowest BCUT2D eigenvalue weighted by atomic mass is 9.67. The number of aryl methyl sites for hydroxylation is 3. The predicted molar refractivity (Wildman–Crippen MR) is 257 cm³/mol. The minimum absolute atomic E-state index is 0.366. The predicted octanol–water partition coefficient (Wildman–Crippen LogP) is 15.7. The number of fused-ring (bicyclic) bond motifs is 5. The summed E-state index contributed by atoms with van der Waals surface area (Å²) < 4.78 is 0. The first kappa shape index (κ1) is 37.6. The number of hydrogen-bond acceptors (Lipinski definition) is 1. The Kier molecular flexibility index (Phi) is 9.57. The van der Waals surface area contributed by atoms with Gasteiger partial charge in [-0.1, -0.05) is 159 Å². The molecule has 11 rings (SSSR count). The molecule has 0 unspecified atom stereocenters. The molecule has 1 heteroatoms. The third kappa shape index (κ3) is 6.28. The maximum Gasteiger partial charge on any atom is 0.0714 e. The zero-order valence-corrected chi connectivity index (χ0v) is 35.5. The van der Waals surface area contributed by atoms with E-state index in [1.54, 1.807) is 5.56 Å². The van der Waals surface area contributed by atoms with Crippen molar-refractivity contribution >= 4 is 17.1 Å². The van der Waals surface area contributed by atoms with E-state index >= 15 is 0 Å². The summed E-state index contributed by atoms with van der Waals surface area (Å²) in [6, 6.07) is 69.5. The summed E-state index contributed by atoms with van der Waals surface area (Å²) >= 11 is 0. The molecule has 0 aromatic heterocycles. The van der Waals surface area contributed by atoms with Crippen LogP contribution in [0.5, 0.6) is 0 Å². The second kappa shape index (κ2) is 15.5. The minimum atomic E-state index is -0.516. The summed E-state index contributed by atoms with van der Waals surface area (Å²) in [4.78, 5) is 2.62. The molecule has 8 aromatic rings. The molecule has 0 radical (unpaired) electrons. The molecule has 0 aliphatic heterocycles. The van der Waals surface area contributed by atoms with E-state index in [4.69, 9.17) is 0 Å². The number of nitrogens with zero attached hydrogens (tertiary/aromatic N) is 1. The highest BCUT2D eigenvalue weighted by atomic mass is 15.1. The van der Waals surface area contributed by atoms with E-state index in [1.165, 1.54) is 121 Å². The molecule has 0 atom stereocenters. The average Bonchev–Trinajstić information content (AvgIpc) is 3.62. The molecule has 3 aliphatic rings. The summed E-state index contributed by atoms with van der Waals surface area (Å²) in [5.41, 5.74) is 23.8. The van der Waals surface area contributed by atoms with E-state index in [0.717, 1.165) is 25.7 Å². The van der Waals surface area contributed by atoms with Gasteiger partial charge in [0.1, 0.15) is 0 Å². The first-order valence-corrected chi connectivity index (χ1v) is 22.7. The monoisotopic (exact) mass is 787 g/mol. The van der Waals surface area contributed by atoms with Crippen molar-refractivity contribution in [2.24, 2.45) is 0 Å². The molecule has 0 bridgehead atoms. The second-order valence-corrected chi connectivity index (χ2v) is 17.9. The van der Waals surface area contributed by atoms with Crippen molar-refractivity contribution in [3.05, 3.63) is 232 Å². The lowest BCUT2D eigenvalue weighted by molar-refractivity contribution is 0.684. The van der Waals surface area contributed by atoms with Crippen LogP contribution in [0.2, 0.25) is 0 Å². The van der Waals surface area contributed by atoms with Crippen LogP contribution in [0.15, 0.2) is 182 Å². The van der Waals surface area contributed by atoms with Crippen LogP contribution in [0.3, 0.4) is 0 Å². The molecular formula is C60H53N. The van der Waals surface area contributed by atoms with Crippen molar-refractivity contribution in [3.8, 4) is 33.4 Å². The topological polar surface area (TPSA) is 3.24 Å². The van der Waals surface area contributed by atoms with Crippen LogP contribution in [0.25, 0.3) is 33.4 Å². The molecule has 1 nitrogen and oxygen atoms in total. The first-order chi connectivity index (χ1) is 30.1. The Morgan fingerprint density at radius 3 is 1.70 bits per heavy atom. The normalized spacial score (nSPS) is 14.8. The van der Waals surface area contributed by atoms with Crippen molar-refractivity contribution in [3.63, 3.8) is 0 Å². The van der Waals surface area contributed by atoms with Gasteiger partial charge in [0.2, 0.25) is 0 Å². The highest BCUT2D eigenvalue weighted by Gasteiger charge is 2.47. The molecular weight excluding hydrogens is 735 g/mol. The highest BCUT2D eigenvalue weighted by Crippen LogP contribution is 2.59. The summed E-state index contributed by atoms with van der Waals surface area (Å²) in [7, 11) is 0. The molecule has 3 aliphatic carbocycles. The third-order valence-electron chi connectivity index (χ3n) is 14.1. The third-order valence-corrected chi connectivity index (χ3v) is 14.1. The SMILES string of the molecule is CC(C)c1ccc2c(c1-c1cc3c(cc1N(c1ccc(-c4ccccc4)cc1)c1ccc4c(c1)CCCC4)C(c1ccccc1)(c1ccccc1)c1ccccc1-3)CCCC2. The Labute approximate surface area is 362 Å².